The number of nitrogens with one attached hydrogen (secondary N) is 1. The largest absolute Gasteiger partial charge is 0.343 e. The lowest BCUT2D eigenvalue weighted by Gasteiger charge is -2.33. The first-order chi connectivity index (χ1) is 5.81. The lowest BCUT2D eigenvalue weighted by molar-refractivity contribution is -0.135. The van der Waals surface area contributed by atoms with Crippen LogP contribution < -0.4 is 5.32 Å². The van der Waals surface area contributed by atoms with E-state index in [2.05, 4.69) is 12.2 Å². The smallest absolute Gasteiger partial charge is 0.222 e. The van der Waals surface area contributed by atoms with E-state index in [0.29, 0.717) is 11.8 Å². The van der Waals surface area contributed by atoms with Gasteiger partial charge in [-0.3, -0.25) is 4.79 Å². The highest BCUT2D eigenvalue weighted by atomic mass is 16.2. The van der Waals surface area contributed by atoms with Gasteiger partial charge in [0.2, 0.25) is 5.91 Å². The zero-order chi connectivity index (χ0) is 8.55. The molecule has 2 atom stereocenters. The van der Waals surface area contributed by atoms with Crippen LogP contribution in [0, 0.1) is 11.8 Å². The minimum atomic E-state index is 0. The van der Waals surface area contributed by atoms with Gasteiger partial charge in [0.25, 0.3) is 0 Å². The summed E-state index contributed by atoms with van der Waals surface area (Å²) in [6, 6.07) is 0. The Morgan fingerprint density at radius 3 is 3.08 bits per heavy atom. The molecule has 3 nitrogen and oxygen atoms in total. The molecule has 2 aliphatic rings. The molecule has 1 amide bonds. The van der Waals surface area contributed by atoms with E-state index in [9.17, 15) is 4.79 Å². The number of nitrogens with zero attached hydrogens (tertiary/aromatic N) is 1. The second-order valence-electron chi connectivity index (χ2n) is 3.81. The van der Waals surface area contributed by atoms with Gasteiger partial charge in [0.15, 0.2) is 0 Å². The minimum absolute atomic E-state index is 0. The molecule has 2 aliphatic heterocycles. The predicted molar refractivity (Wildman–Crippen MR) is 48.8 cm³/mol. The molecule has 2 unspecified atom stereocenters. The molecule has 0 saturated carbocycles. The Balaban J connectivity index is 0.000000845. The summed E-state index contributed by atoms with van der Waals surface area (Å²) in [5.74, 6) is 1.70. The van der Waals surface area contributed by atoms with Crippen LogP contribution in [-0.4, -0.2) is 37.0 Å². The van der Waals surface area contributed by atoms with Gasteiger partial charge in [-0.15, -0.1) is 0 Å². The normalized spacial score (nSPS) is 35.4. The molecule has 0 aliphatic carbocycles. The maximum absolute atomic E-state index is 11.5. The number of amides is 1. The van der Waals surface area contributed by atoms with Crippen molar-refractivity contribution in [1.82, 2.24) is 10.2 Å². The number of likely N-dealkylation sites (tertiary alicyclic amines) is 1. The van der Waals surface area contributed by atoms with Gasteiger partial charge in [-0.2, -0.15) is 0 Å². The Morgan fingerprint density at radius 1 is 1.58 bits per heavy atom. The van der Waals surface area contributed by atoms with Gasteiger partial charge in [-0.25, -0.2) is 0 Å². The maximum Gasteiger partial charge on any atom is 0.222 e. The molecular formula is C9H18N2O. The number of hydrogen-bond acceptors (Lipinski definition) is 2. The highest BCUT2D eigenvalue weighted by Crippen LogP contribution is 2.26. The number of fused-ring (bicyclic) bond motifs is 1. The molecular weight excluding hydrogens is 152 g/mol. The molecule has 2 heterocycles. The van der Waals surface area contributed by atoms with E-state index < -0.39 is 0 Å². The van der Waals surface area contributed by atoms with Gasteiger partial charge < -0.3 is 10.2 Å². The monoisotopic (exact) mass is 170 g/mol. The molecule has 0 aromatic rings. The number of piperidine rings is 1. The van der Waals surface area contributed by atoms with Crippen molar-refractivity contribution >= 4 is 5.91 Å². The Morgan fingerprint density at radius 2 is 2.33 bits per heavy atom. The summed E-state index contributed by atoms with van der Waals surface area (Å²) >= 11 is 0. The van der Waals surface area contributed by atoms with Crippen molar-refractivity contribution in [2.45, 2.75) is 13.3 Å². The third kappa shape index (κ3) is 1.22. The Labute approximate surface area is 74.6 Å². The van der Waals surface area contributed by atoms with Gasteiger partial charge in [-0.1, -0.05) is 0 Å². The van der Waals surface area contributed by atoms with Crippen molar-refractivity contribution in [3.05, 3.63) is 0 Å². The van der Waals surface area contributed by atoms with Crippen LogP contribution in [0.2, 0.25) is 0 Å². The number of hydrogen-bond donors (Lipinski definition) is 1. The first-order valence-electron chi connectivity index (χ1n) is 4.79. The number of rotatable bonds is 1. The van der Waals surface area contributed by atoms with E-state index in [1.165, 1.54) is 0 Å². The van der Waals surface area contributed by atoms with E-state index in [1.807, 2.05) is 4.90 Å². The van der Waals surface area contributed by atoms with Gasteiger partial charge >= 0.3 is 0 Å². The fourth-order valence-electron chi connectivity index (χ4n) is 2.28. The molecule has 0 aromatic carbocycles. The minimum Gasteiger partial charge on any atom is -0.343 e. The molecule has 12 heavy (non-hydrogen) atoms. The lowest BCUT2D eigenvalue weighted by Crippen LogP contribution is -2.43. The van der Waals surface area contributed by atoms with Crippen molar-refractivity contribution in [3.63, 3.8) is 0 Å². The van der Waals surface area contributed by atoms with E-state index in [4.69, 9.17) is 0 Å². The Kier molecular flexibility index (Phi) is 2.05. The zero-order valence-electron chi connectivity index (χ0n) is 7.55. The molecule has 0 aromatic heterocycles. The standard InChI is InChI=1S/C9H16N2O.H2/c1-2-11-6-8-5-10-4-7(8)3-9(11)12;/h7-8,10H,2-6H2,1H3;1H. The summed E-state index contributed by atoms with van der Waals surface area (Å²) in [5, 5.41) is 3.35. The third-order valence-electron chi connectivity index (χ3n) is 3.11. The Hall–Kier alpha value is -0.570. The van der Waals surface area contributed by atoms with Crippen LogP contribution in [-0.2, 0) is 4.79 Å². The van der Waals surface area contributed by atoms with E-state index in [-0.39, 0.29) is 1.43 Å². The quantitative estimate of drug-likeness (QED) is 0.614. The molecule has 3 heteroatoms. The summed E-state index contributed by atoms with van der Waals surface area (Å²) in [7, 11) is 0. The number of carbonyl (C=O) groups excluding carboxylic acids is 1. The SMILES string of the molecule is CCN1CC2CNCC2CC1=O.[HH]. The topological polar surface area (TPSA) is 32.3 Å². The van der Waals surface area contributed by atoms with Crippen molar-refractivity contribution in [1.29, 1.82) is 0 Å². The van der Waals surface area contributed by atoms with Crippen LogP contribution in [0.15, 0.2) is 0 Å². The Bertz CT molecular complexity index is 198. The number of carbonyl (C=O) groups is 1. The average Bonchev–Trinajstić information content (AvgIpc) is 2.49. The van der Waals surface area contributed by atoms with Crippen LogP contribution in [0.5, 0.6) is 0 Å². The summed E-state index contributed by atoms with van der Waals surface area (Å²) in [6.07, 6.45) is 0.769. The van der Waals surface area contributed by atoms with E-state index >= 15 is 0 Å². The average molecular weight is 170 g/mol. The van der Waals surface area contributed by atoms with Crippen molar-refractivity contribution in [2.24, 2.45) is 11.8 Å². The summed E-state index contributed by atoms with van der Waals surface area (Å²) < 4.78 is 0. The first kappa shape index (κ1) is 8.05. The van der Waals surface area contributed by atoms with Crippen molar-refractivity contribution in [2.75, 3.05) is 26.2 Å². The fourth-order valence-corrected chi connectivity index (χ4v) is 2.28. The van der Waals surface area contributed by atoms with Crippen molar-refractivity contribution in [3.8, 4) is 0 Å². The fraction of sp³-hybridized carbons (Fsp3) is 0.889. The second-order valence-corrected chi connectivity index (χ2v) is 3.81. The van der Waals surface area contributed by atoms with Crippen LogP contribution in [0.25, 0.3) is 0 Å². The predicted octanol–water partition coefficient (Wildman–Crippen LogP) is 0.320. The molecule has 0 spiro atoms. The first-order valence-corrected chi connectivity index (χ1v) is 4.79. The van der Waals surface area contributed by atoms with Crippen LogP contribution in [0.3, 0.4) is 0 Å². The summed E-state index contributed by atoms with van der Waals surface area (Å²) in [4.78, 5) is 13.4. The molecule has 2 fully saturated rings. The van der Waals surface area contributed by atoms with Gasteiger partial charge in [0, 0.05) is 20.9 Å². The molecule has 0 bridgehead atoms. The molecule has 70 valence electrons. The van der Waals surface area contributed by atoms with E-state index in [0.717, 1.165) is 38.5 Å². The lowest BCUT2D eigenvalue weighted by atomic mass is 9.88. The third-order valence-corrected chi connectivity index (χ3v) is 3.11. The molecule has 2 rings (SSSR count). The molecule has 2 saturated heterocycles. The van der Waals surface area contributed by atoms with E-state index in [1.54, 1.807) is 0 Å². The van der Waals surface area contributed by atoms with Gasteiger partial charge in [-0.05, 0) is 31.8 Å². The highest BCUT2D eigenvalue weighted by molar-refractivity contribution is 5.77. The molecule has 0 radical (unpaired) electrons. The van der Waals surface area contributed by atoms with Crippen LogP contribution in [0.4, 0.5) is 0 Å². The van der Waals surface area contributed by atoms with Crippen LogP contribution >= 0.6 is 0 Å². The summed E-state index contributed by atoms with van der Waals surface area (Å²) in [6.45, 7) is 6.07. The summed E-state index contributed by atoms with van der Waals surface area (Å²) in [5.41, 5.74) is 0. The van der Waals surface area contributed by atoms with Crippen LogP contribution in [0.1, 0.15) is 14.8 Å². The van der Waals surface area contributed by atoms with Gasteiger partial charge in [0.1, 0.15) is 0 Å². The van der Waals surface area contributed by atoms with Crippen molar-refractivity contribution < 1.29 is 6.22 Å². The second kappa shape index (κ2) is 3.05. The van der Waals surface area contributed by atoms with Gasteiger partial charge in [0.05, 0.1) is 0 Å². The zero-order valence-corrected chi connectivity index (χ0v) is 7.55. The molecule has 1 N–H and O–H groups in total. The highest BCUT2D eigenvalue weighted by Gasteiger charge is 2.35. The maximum atomic E-state index is 11.5.